The molecule has 0 saturated heterocycles. The van der Waals surface area contributed by atoms with Gasteiger partial charge < -0.3 is 9.47 Å². The lowest BCUT2D eigenvalue weighted by Gasteiger charge is -2.07. The van der Waals surface area contributed by atoms with Gasteiger partial charge >= 0.3 is 0 Å². The van der Waals surface area contributed by atoms with Crippen molar-refractivity contribution >= 4 is 0 Å². The summed E-state index contributed by atoms with van der Waals surface area (Å²) in [6.07, 6.45) is 2.26. The predicted octanol–water partition coefficient (Wildman–Crippen LogP) is 3.68. The Kier molecular flexibility index (Phi) is 7.51. The number of ether oxygens (including phenoxy) is 2. The summed E-state index contributed by atoms with van der Waals surface area (Å²) < 4.78 is 10.3. The molecule has 15 heavy (non-hydrogen) atoms. The Morgan fingerprint density at radius 2 is 1.47 bits per heavy atom. The van der Waals surface area contributed by atoms with Gasteiger partial charge in [0.05, 0.1) is 14.2 Å². The fourth-order valence-corrected chi connectivity index (χ4v) is 1.10. The van der Waals surface area contributed by atoms with Gasteiger partial charge in [0.25, 0.3) is 0 Å². The van der Waals surface area contributed by atoms with Gasteiger partial charge in [-0.25, -0.2) is 0 Å². The van der Waals surface area contributed by atoms with E-state index in [2.05, 4.69) is 20.8 Å². The third kappa shape index (κ3) is 4.73. The molecule has 0 bridgehead atoms. The van der Waals surface area contributed by atoms with E-state index in [0.29, 0.717) is 0 Å². The largest absolute Gasteiger partial charge is 0.493 e. The summed E-state index contributed by atoms with van der Waals surface area (Å²) in [6, 6.07) is 5.97. The van der Waals surface area contributed by atoms with E-state index in [4.69, 9.17) is 9.47 Å². The third-order valence-electron chi connectivity index (χ3n) is 1.86. The van der Waals surface area contributed by atoms with Crippen LogP contribution in [0.1, 0.15) is 32.8 Å². The second-order valence-corrected chi connectivity index (χ2v) is 3.25. The molecule has 0 heterocycles. The minimum absolute atomic E-state index is 0.787. The summed E-state index contributed by atoms with van der Waals surface area (Å²) in [6.45, 7) is 6.36. The summed E-state index contributed by atoms with van der Waals surface area (Å²) in [7, 11) is 3.29. The van der Waals surface area contributed by atoms with Crippen molar-refractivity contribution in [3.8, 4) is 11.5 Å². The van der Waals surface area contributed by atoms with Gasteiger partial charge in [0, 0.05) is 0 Å². The van der Waals surface area contributed by atoms with Crippen LogP contribution in [0.4, 0.5) is 0 Å². The quantitative estimate of drug-likeness (QED) is 0.757. The van der Waals surface area contributed by atoms with E-state index < -0.39 is 0 Å². The Morgan fingerprint density at radius 3 is 1.87 bits per heavy atom. The maximum Gasteiger partial charge on any atom is 0.160 e. The van der Waals surface area contributed by atoms with Gasteiger partial charge in [-0.3, -0.25) is 0 Å². The van der Waals surface area contributed by atoms with Gasteiger partial charge in [0.1, 0.15) is 0 Å². The summed E-state index contributed by atoms with van der Waals surface area (Å²) in [4.78, 5) is 0. The highest BCUT2D eigenvalue weighted by Gasteiger charge is 2.02. The Bertz CT molecular complexity index is 269. The zero-order valence-electron chi connectivity index (χ0n) is 10.5. The summed E-state index contributed by atoms with van der Waals surface area (Å²) in [5.74, 6) is 1.59. The minimum atomic E-state index is 0.787. The van der Waals surface area contributed by atoms with E-state index in [9.17, 15) is 0 Å². The zero-order valence-corrected chi connectivity index (χ0v) is 10.5. The Balaban J connectivity index is 0.000000583. The molecule has 2 nitrogen and oxygen atoms in total. The molecule has 0 aliphatic heterocycles. The van der Waals surface area contributed by atoms with Crippen LogP contribution in [0.25, 0.3) is 0 Å². The van der Waals surface area contributed by atoms with Crippen molar-refractivity contribution in [2.45, 2.75) is 33.6 Å². The number of rotatable bonds is 3. The van der Waals surface area contributed by atoms with Crippen molar-refractivity contribution in [3.05, 3.63) is 23.8 Å². The fraction of sp³-hybridized carbons (Fsp3) is 0.538. The van der Waals surface area contributed by atoms with Crippen LogP contribution in [-0.2, 0) is 6.42 Å². The van der Waals surface area contributed by atoms with E-state index >= 15 is 0 Å². The van der Waals surface area contributed by atoms with Gasteiger partial charge in [-0.15, -0.1) is 0 Å². The SMILES string of the molecule is CCC.CCc1ccc(OC)c(OC)c1. The van der Waals surface area contributed by atoms with Crippen molar-refractivity contribution in [1.29, 1.82) is 0 Å². The molecule has 0 unspecified atom stereocenters. The highest BCUT2D eigenvalue weighted by Crippen LogP contribution is 2.27. The standard InChI is InChI=1S/C10H14O2.C3H8/c1-4-8-5-6-9(11-2)10(7-8)12-3;1-3-2/h5-7H,4H2,1-3H3;3H2,1-2H3. The van der Waals surface area contributed by atoms with Crippen LogP contribution in [0.5, 0.6) is 11.5 Å². The maximum atomic E-state index is 5.15. The van der Waals surface area contributed by atoms with Crippen molar-refractivity contribution in [1.82, 2.24) is 0 Å². The molecule has 1 rings (SSSR count). The van der Waals surface area contributed by atoms with E-state index in [1.807, 2.05) is 18.2 Å². The Morgan fingerprint density at radius 1 is 0.933 bits per heavy atom. The maximum absolute atomic E-state index is 5.15. The molecule has 2 heteroatoms. The molecule has 0 amide bonds. The lowest BCUT2D eigenvalue weighted by Crippen LogP contribution is -1.91. The van der Waals surface area contributed by atoms with Crippen LogP contribution in [0, 0.1) is 0 Å². The smallest absolute Gasteiger partial charge is 0.160 e. The van der Waals surface area contributed by atoms with Crippen molar-refractivity contribution in [2.75, 3.05) is 14.2 Å². The Labute approximate surface area is 93.2 Å². The molecule has 0 spiro atoms. The third-order valence-corrected chi connectivity index (χ3v) is 1.86. The summed E-state index contributed by atoms with van der Waals surface area (Å²) in [5.41, 5.74) is 1.26. The van der Waals surface area contributed by atoms with Gasteiger partial charge in [-0.05, 0) is 24.1 Å². The topological polar surface area (TPSA) is 18.5 Å². The molecular weight excluding hydrogens is 188 g/mol. The zero-order chi connectivity index (χ0) is 11.7. The monoisotopic (exact) mass is 210 g/mol. The average Bonchev–Trinajstić information content (AvgIpc) is 2.29. The first kappa shape index (κ1) is 13.8. The van der Waals surface area contributed by atoms with Crippen LogP contribution in [0.15, 0.2) is 18.2 Å². The average molecular weight is 210 g/mol. The van der Waals surface area contributed by atoms with Crippen molar-refractivity contribution < 1.29 is 9.47 Å². The lowest BCUT2D eigenvalue weighted by molar-refractivity contribution is 0.354. The molecule has 0 atom stereocenters. The first-order valence-electron chi connectivity index (χ1n) is 5.44. The molecule has 86 valence electrons. The molecule has 0 saturated carbocycles. The molecule has 0 N–H and O–H groups in total. The number of hydrogen-bond donors (Lipinski definition) is 0. The highest BCUT2D eigenvalue weighted by molar-refractivity contribution is 5.42. The molecule has 0 fully saturated rings. The van der Waals surface area contributed by atoms with Gasteiger partial charge in [-0.2, -0.15) is 0 Å². The highest BCUT2D eigenvalue weighted by atomic mass is 16.5. The first-order valence-corrected chi connectivity index (χ1v) is 5.44. The van der Waals surface area contributed by atoms with Crippen molar-refractivity contribution in [2.24, 2.45) is 0 Å². The molecule has 1 aromatic rings. The molecule has 0 radical (unpaired) electrons. The van der Waals surface area contributed by atoms with E-state index in [-0.39, 0.29) is 0 Å². The molecule has 0 aliphatic rings. The van der Waals surface area contributed by atoms with E-state index in [1.165, 1.54) is 12.0 Å². The van der Waals surface area contributed by atoms with Crippen LogP contribution < -0.4 is 9.47 Å². The van der Waals surface area contributed by atoms with Gasteiger partial charge in [0.15, 0.2) is 11.5 Å². The normalized spacial score (nSPS) is 8.87. The summed E-state index contributed by atoms with van der Waals surface area (Å²) in [5, 5.41) is 0. The molecule has 1 aromatic carbocycles. The van der Waals surface area contributed by atoms with Crippen LogP contribution in [-0.4, -0.2) is 14.2 Å². The number of aryl methyl sites for hydroxylation is 1. The molecular formula is C13H22O2. The summed E-state index contributed by atoms with van der Waals surface area (Å²) >= 11 is 0. The van der Waals surface area contributed by atoms with E-state index in [1.54, 1.807) is 14.2 Å². The number of methoxy groups -OCH3 is 2. The van der Waals surface area contributed by atoms with E-state index in [0.717, 1.165) is 17.9 Å². The van der Waals surface area contributed by atoms with Crippen LogP contribution in [0.3, 0.4) is 0 Å². The Hall–Kier alpha value is -1.18. The molecule has 0 aliphatic carbocycles. The number of benzene rings is 1. The van der Waals surface area contributed by atoms with Crippen LogP contribution in [0.2, 0.25) is 0 Å². The first-order chi connectivity index (χ1) is 7.23. The second-order valence-electron chi connectivity index (χ2n) is 3.25. The lowest BCUT2D eigenvalue weighted by atomic mass is 10.1. The minimum Gasteiger partial charge on any atom is -0.493 e. The van der Waals surface area contributed by atoms with Gasteiger partial charge in [0.2, 0.25) is 0 Å². The predicted molar refractivity (Wildman–Crippen MR) is 64.9 cm³/mol. The second kappa shape index (κ2) is 8.16. The van der Waals surface area contributed by atoms with Crippen molar-refractivity contribution in [3.63, 3.8) is 0 Å². The van der Waals surface area contributed by atoms with Crippen LogP contribution >= 0.6 is 0 Å². The fourth-order valence-electron chi connectivity index (χ4n) is 1.10. The van der Waals surface area contributed by atoms with Gasteiger partial charge in [-0.1, -0.05) is 33.3 Å². The molecule has 0 aromatic heterocycles. The number of hydrogen-bond acceptors (Lipinski definition) is 2.